The van der Waals surface area contributed by atoms with Gasteiger partial charge in [0.15, 0.2) is 0 Å². The van der Waals surface area contributed by atoms with Crippen LogP contribution in [0.3, 0.4) is 0 Å². The van der Waals surface area contributed by atoms with Crippen LogP contribution in [0.4, 0.5) is 5.82 Å². The zero-order valence-electron chi connectivity index (χ0n) is 9.67. The van der Waals surface area contributed by atoms with Gasteiger partial charge in [-0.1, -0.05) is 36.4 Å². The van der Waals surface area contributed by atoms with Crippen LogP contribution >= 0.6 is 0 Å². The van der Waals surface area contributed by atoms with E-state index in [0.29, 0.717) is 5.82 Å². The topological polar surface area (TPSA) is 59.1 Å². The third-order valence-corrected chi connectivity index (χ3v) is 2.93. The Morgan fingerprint density at radius 1 is 0.889 bits per heavy atom. The van der Waals surface area contributed by atoms with Crippen molar-refractivity contribution in [2.24, 2.45) is 0 Å². The minimum Gasteiger partial charge on any atom is -0.507 e. The van der Waals surface area contributed by atoms with Gasteiger partial charge in [0.2, 0.25) is 0 Å². The van der Waals surface area contributed by atoms with Crippen LogP contribution in [0.1, 0.15) is 0 Å². The number of para-hydroxylation sites is 2. The molecule has 0 saturated carbocycles. The lowest BCUT2D eigenvalue weighted by Crippen LogP contribution is -1.93. The Bertz CT molecular complexity index is 723. The van der Waals surface area contributed by atoms with Gasteiger partial charge in [0.1, 0.15) is 11.6 Å². The molecule has 0 saturated heterocycles. The summed E-state index contributed by atoms with van der Waals surface area (Å²) in [6.07, 6.45) is 0. The highest BCUT2D eigenvalue weighted by Gasteiger charge is 2.09. The van der Waals surface area contributed by atoms with Crippen molar-refractivity contribution < 1.29 is 5.11 Å². The third kappa shape index (κ3) is 1.66. The Morgan fingerprint density at radius 3 is 2.44 bits per heavy atom. The number of nitrogens with two attached hydrogens (primary N) is 1. The summed E-state index contributed by atoms with van der Waals surface area (Å²) in [5.41, 5.74) is 8.31. The van der Waals surface area contributed by atoms with E-state index in [-0.39, 0.29) is 5.75 Å². The molecule has 0 aliphatic heterocycles. The average Bonchev–Trinajstić information content (AvgIpc) is 2.38. The second kappa shape index (κ2) is 4.04. The van der Waals surface area contributed by atoms with Crippen LogP contribution in [-0.4, -0.2) is 10.1 Å². The fourth-order valence-electron chi connectivity index (χ4n) is 2.12. The van der Waals surface area contributed by atoms with Crippen LogP contribution < -0.4 is 5.73 Å². The lowest BCUT2D eigenvalue weighted by molar-refractivity contribution is 0.477. The predicted octanol–water partition coefficient (Wildman–Crippen LogP) is 3.19. The Labute approximate surface area is 105 Å². The molecule has 0 spiro atoms. The van der Waals surface area contributed by atoms with E-state index >= 15 is 0 Å². The number of aromatic hydroxyl groups is 1. The standard InChI is InChI=1S/C15H12N2O/c16-15-9-12(11-6-2-4-8-14(11)18)10-5-1-3-7-13(10)17-15/h1-9,18H,(H2,16,17). The van der Waals surface area contributed by atoms with Gasteiger partial charge in [0, 0.05) is 10.9 Å². The SMILES string of the molecule is Nc1cc(-c2ccccc2O)c2ccccc2n1. The monoisotopic (exact) mass is 236 g/mol. The first-order valence-corrected chi connectivity index (χ1v) is 5.69. The number of nitrogen functional groups attached to an aromatic ring is 1. The maximum absolute atomic E-state index is 9.95. The number of aromatic nitrogens is 1. The van der Waals surface area contributed by atoms with Gasteiger partial charge in [-0.25, -0.2) is 4.98 Å². The second-order valence-corrected chi connectivity index (χ2v) is 4.13. The summed E-state index contributed by atoms with van der Waals surface area (Å²) >= 11 is 0. The second-order valence-electron chi connectivity index (χ2n) is 4.13. The van der Waals surface area contributed by atoms with E-state index in [0.717, 1.165) is 22.0 Å². The van der Waals surface area contributed by atoms with Crippen molar-refractivity contribution in [3.05, 3.63) is 54.6 Å². The van der Waals surface area contributed by atoms with Crippen molar-refractivity contribution in [3.63, 3.8) is 0 Å². The number of pyridine rings is 1. The Kier molecular flexibility index (Phi) is 2.38. The first-order chi connectivity index (χ1) is 8.75. The zero-order chi connectivity index (χ0) is 12.5. The molecule has 1 aromatic heterocycles. The average molecular weight is 236 g/mol. The normalized spacial score (nSPS) is 10.7. The highest BCUT2D eigenvalue weighted by Crippen LogP contribution is 2.34. The molecule has 1 heterocycles. The number of phenols is 1. The van der Waals surface area contributed by atoms with Crippen LogP contribution in [0, 0.1) is 0 Å². The Balaban J connectivity index is 2.39. The molecular weight excluding hydrogens is 224 g/mol. The van der Waals surface area contributed by atoms with Gasteiger partial charge in [0.05, 0.1) is 5.52 Å². The lowest BCUT2D eigenvalue weighted by atomic mass is 10.0. The highest BCUT2D eigenvalue weighted by atomic mass is 16.3. The van der Waals surface area contributed by atoms with Gasteiger partial charge in [-0.15, -0.1) is 0 Å². The van der Waals surface area contributed by atoms with Gasteiger partial charge < -0.3 is 10.8 Å². The first-order valence-electron chi connectivity index (χ1n) is 5.69. The van der Waals surface area contributed by atoms with E-state index < -0.39 is 0 Å². The van der Waals surface area contributed by atoms with Crippen LogP contribution in [0.15, 0.2) is 54.6 Å². The van der Waals surface area contributed by atoms with Crippen molar-refractivity contribution in [2.45, 2.75) is 0 Å². The number of rotatable bonds is 1. The van der Waals surface area contributed by atoms with Crippen molar-refractivity contribution >= 4 is 16.7 Å². The van der Waals surface area contributed by atoms with Gasteiger partial charge in [-0.3, -0.25) is 0 Å². The van der Waals surface area contributed by atoms with E-state index in [2.05, 4.69) is 4.98 Å². The molecule has 0 unspecified atom stereocenters. The van der Waals surface area contributed by atoms with Crippen molar-refractivity contribution in [2.75, 3.05) is 5.73 Å². The summed E-state index contributed by atoms with van der Waals surface area (Å²) < 4.78 is 0. The number of hydrogen-bond acceptors (Lipinski definition) is 3. The number of anilines is 1. The quantitative estimate of drug-likeness (QED) is 0.682. The van der Waals surface area contributed by atoms with Crippen LogP contribution in [0.2, 0.25) is 0 Å². The van der Waals surface area contributed by atoms with Gasteiger partial charge in [0.25, 0.3) is 0 Å². The van der Waals surface area contributed by atoms with Crippen LogP contribution in [0.25, 0.3) is 22.0 Å². The van der Waals surface area contributed by atoms with E-state index in [1.165, 1.54) is 0 Å². The Morgan fingerprint density at radius 2 is 1.61 bits per heavy atom. The fourth-order valence-corrected chi connectivity index (χ4v) is 2.12. The van der Waals surface area contributed by atoms with Crippen LogP contribution in [-0.2, 0) is 0 Å². The molecule has 3 rings (SSSR count). The maximum atomic E-state index is 9.95. The van der Waals surface area contributed by atoms with E-state index in [1.54, 1.807) is 18.2 Å². The smallest absolute Gasteiger partial charge is 0.124 e. The minimum atomic E-state index is 0.244. The summed E-state index contributed by atoms with van der Waals surface area (Å²) in [5, 5.41) is 10.9. The number of phenolic OH excluding ortho intramolecular Hbond substituents is 1. The Hall–Kier alpha value is -2.55. The van der Waals surface area contributed by atoms with E-state index in [1.807, 2.05) is 36.4 Å². The maximum Gasteiger partial charge on any atom is 0.124 e. The molecule has 0 aliphatic carbocycles. The lowest BCUT2D eigenvalue weighted by Gasteiger charge is -2.09. The van der Waals surface area contributed by atoms with Crippen molar-refractivity contribution in [1.82, 2.24) is 4.98 Å². The number of benzene rings is 2. The molecule has 3 nitrogen and oxygen atoms in total. The molecule has 18 heavy (non-hydrogen) atoms. The summed E-state index contributed by atoms with van der Waals surface area (Å²) in [5.74, 6) is 0.695. The molecule has 0 amide bonds. The molecule has 0 bridgehead atoms. The third-order valence-electron chi connectivity index (χ3n) is 2.93. The molecule has 0 radical (unpaired) electrons. The summed E-state index contributed by atoms with van der Waals surface area (Å²) in [7, 11) is 0. The summed E-state index contributed by atoms with van der Waals surface area (Å²) in [6, 6.07) is 16.8. The molecule has 0 atom stereocenters. The molecule has 0 aliphatic rings. The van der Waals surface area contributed by atoms with Gasteiger partial charge >= 0.3 is 0 Å². The summed E-state index contributed by atoms with van der Waals surface area (Å²) in [4.78, 5) is 4.29. The van der Waals surface area contributed by atoms with Gasteiger partial charge in [-0.05, 0) is 23.8 Å². The van der Waals surface area contributed by atoms with Crippen molar-refractivity contribution in [1.29, 1.82) is 0 Å². The molecule has 3 heteroatoms. The number of fused-ring (bicyclic) bond motifs is 1. The first kappa shape index (κ1) is 10.6. The molecular formula is C15H12N2O. The van der Waals surface area contributed by atoms with Crippen molar-refractivity contribution in [3.8, 4) is 16.9 Å². The number of nitrogens with zero attached hydrogens (tertiary/aromatic N) is 1. The largest absolute Gasteiger partial charge is 0.507 e. The molecule has 3 N–H and O–H groups in total. The fraction of sp³-hybridized carbons (Fsp3) is 0. The van der Waals surface area contributed by atoms with E-state index in [9.17, 15) is 5.11 Å². The van der Waals surface area contributed by atoms with Gasteiger partial charge in [-0.2, -0.15) is 0 Å². The molecule has 2 aromatic carbocycles. The molecule has 3 aromatic rings. The minimum absolute atomic E-state index is 0.244. The zero-order valence-corrected chi connectivity index (χ0v) is 9.67. The molecule has 88 valence electrons. The highest BCUT2D eigenvalue weighted by molar-refractivity contribution is 5.97. The van der Waals surface area contributed by atoms with E-state index in [4.69, 9.17) is 5.73 Å². The molecule has 0 fully saturated rings. The predicted molar refractivity (Wildman–Crippen MR) is 73.3 cm³/mol. The number of hydrogen-bond donors (Lipinski definition) is 2. The summed E-state index contributed by atoms with van der Waals surface area (Å²) in [6.45, 7) is 0. The van der Waals surface area contributed by atoms with Crippen LogP contribution in [0.5, 0.6) is 5.75 Å².